The van der Waals surface area contributed by atoms with Crippen LogP contribution in [0.25, 0.3) is 0 Å². The fourth-order valence-electron chi connectivity index (χ4n) is 2.00. The normalized spacial score (nSPS) is 23.1. The standard InChI is InChI=1S/C15H18FNOS/c1-9(2)15(4)14(18)17-13(19-15)8-11-5-6-12(16)7-10(11)3/h5-7,9H,8H2,1-4H3. The summed E-state index contributed by atoms with van der Waals surface area (Å²) in [4.78, 5) is 16.2. The first kappa shape index (κ1) is 14.3. The molecule has 1 heterocycles. The molecule has 1 aromatic rings. The number of aryl methyl sites for hydroxylation is 1. The molecular formula is C15H18FNOS. The molecule has 1 aliphatic heterocycles. The second-order valence-corrected chi connectivity index (χ2v) is 6.95. The van der Waals surface area contributed by atoms with Crippen molar-refractivity contribution in [2.24, 2.45) is 10.9 Å². The van der Waals surface area contributed by atoms with Gasteiger partial charge in [0.25, 0.3) is 5.91 Å². The predicted octanol–water partition coefficient (Wildman–Crippen LogP) is 3.76. The minimum atomic E-state index is -0.455. The molecule has 1 atom stereocenters. The molecule has 102 valence electrons. The average molecular weight is 279 g/mol. The maximum absolute atomic E-state index is 13.1. The maximum Gasteiger partial charge on any atom is 0.263 e. The summed E-state index contributed by atoms with van der Waals surface area (Å²) >= 11 is 1.54. The molecule has 1 unspecified atom stereocenters. The summed E-state index contributed by atoms with van der Waals surface area (Å²) in [6, 6.07) is 4.73. The van der Waals surface area contributed by atoms with Gasteiger partial charge in [-0.2, -0.15) is 0 Å². The Bertz CT molecular complexity index is 553. The van der Waals surface area contributed by atoms with E-state index < -0.39 is 4.75 Å². The topological polar surface area (TPSA) is 29.4 Å². The van der Waals surface area contributed by atoms with Gasteiger partial charge in [-0.3, -0.25) is 4.79 Å². The number of benzene rings is 1. The Hall–Kier alpha value is -1.16. The van der Waals surface area contributed by atoms with E-state index in [1.54, 1.807) is 17.8 Å². The lowest BCUT2D eigenvalue weighted by atomic mass is 9.96. The van der Waals surface area contributed by atoms with Gasteiger partial charge in [0.15, 0.2) is 0 Å². The van der Waals surface area contributed by atoms with Gasteiger partial charge in [0.2, 0.25) is 0 Å². The number of hydrogen-bond donors (Lipinski definition) is 0. The molecule has 0 fully saturated rings. The second kappa shape index (κ2) is 5.08. The average Bonchev–Trinajstić information content (AvgIpc) is 2.60. The van der Waals surface area contributed by atoms with E-state index in [-0.39, 0.29) is 17.6 Å². The molecule has 2 nitrogen and oxygen atoms in total. The Balaban J connectivity index is 2.18. The molecule has 0 N–H and O–H groups in total. The van der Waals surface area contributed by atoms with Crippen molar-refractivity contribution < 1.29 is 9.18 Å². The van der Waals surface area contributed by atoms with Gasteiger partial charge < -0.3 is 0 Å². The van der Waals surface area contributed by atoms with E-state index in [1.807, 2.05) is 27.7 Å². The van der Waals surface area contributed by atoms with Crippen molar-refractivity contribution in [1.29, 1.82) is 0 Å². The van der Waals surface area contributed by atoms with Crippen LogP contribution < -0.4 is 0 Å². The van der Waals surface area contributed by atoms with Crippen LogP contribution in [0.2, 0.25) is 0 Å². The van der Waals surface area contributed by atoms with Crippen molar-refractivity contribution in [2.45, 2.75) is 38.9 Å². The highest BCUT2D eigenvalue weighted by molar-refractivity contribution is 8.16. The SMILES string of the molecule is Cc1cc(F)ccc1CC1=NC(=O)C(C)(C(C)C)S1. The molecule has 0 saturated carbocycles. The van der Waals surface area contributed by atoms with Gasteiger partial charge in [0.1, 0.15) is 10.6 Å². The van der Waals surface area contributed by atoms with Crippen LogP contribution in [0, 0.1) is 18.7 Å². The third kappa shape index (κ3) is 2.73. The molecule has 0 aliphatic carbocycles. The van der Waals surface area contributed by atoms with E-state index in [1.165, 1.54) is 12.1 Å². The van der Waals surface area contributed by atoms with Gasteiger partial charge in [-0.05, 0) is 43.0 Å². The lowest BCUT2D eigenvalue weighted by molar-refractivity contribution is -0.120. The Labute approximate surface area is 117 Å². The Morgan fingerprint density at radius 1 is 1.42 bits per heavy atom. The highest BCUT2D eigenvalue weighted by Gasteiger charge is 2.43. The molecule has 0 spiro atoms. The third-order valence-corrected chi connectivity index (χ3v) is 5.27. The summed E-state index contributed by atoms with van der Waals surface area (Å²) in [6.07, 6.45) is 0.602. The van der Waals surface area contributed by atoms with Crippen LogP contribution >= 0.6 is 11.8 Å². The first-order valence-electron chi connectivity index (χ1n) is 6.39. The van der Waals surface area contributed by atoms with Gasteiger partial charge >= 0.3 is 0 Å². The van der Waals surface area contributed by atoms with Gasteiger partial charge in [-0.25, -0.2) is 9.38 Å². The van der Waals surface area contributed by atoms with E-state index in [0.717, 1.165) is 16.2 Å². The first-order chi connectivity index (χ1) is 8.83. The van der Waals surface area contributed by atoms with Crippen LogP contribution in [0.4, 0.5) is 4.39 Å². The highest BCUT2D eigenvalue weighted by atomic mass is 32.2. The molecule has 2 rings (SSSR count). The number of thioether (sulfide) groups is 1. The Morgan fingerprint density at radius 2 is 2.11 bits per heavy atom. The monoisotopic (exact) mass is 279 g/mol. The zero-order valence-corrected chi connectivity index (χ0v) is 12.5. The van der Waals surface area contributed by atoms with Crippen molar-refractivity contribution in [3.05, 3.63) is 35.1 Å². The van der Waals surface area contributed by atoms with E-state index in [2.05, 4.69) is 4.99 Å². The zero-order chi connectivity index (χ0) is 14.2. The maximum atomic E-state index is 13.1. The molecule has 0 radical (unpaired) electrons. The van der Waals surface area contributed by atoms with Crippen LogP contribution in [0.3, 0.4) is 0 Å². The predicted molar refractivity (Wildman–Crippen MR) is 78.1 cm³/mol. The second-order valence-electron chi connectivity index (χ2n) is 5.42. The summed E-state index contributed by atoms with van der Waals surface area (Å²) in [5, 5.41) is 0.830. The van der Waals surface area contributed by atoms with Crippen LogP contribution in [0.1, 0.15) is 31.9 Å². The van der Waals surface area contributed by atoms with Gasteiger partial charge in [-0.1, -0.05) is 31.7 Å². The van der Waals surface area contributed by atoms with Crippen LogP contribution in [-0.2, 0) is 11.2 Å². The van der Waals surface area contributed by atoms with E-state index in [9.17, 15) is 9.18 Å². The van der Waals surface area contributed by atoms with E-state index in [0.29, 0.717) is 6.42 Å². The molecular weight excluding hydrogens is 261 g/mol. The number of hydrogen-bond acceptors (Lipinski definition) is 2. The molecule has 1 amide bonds. The van der Waals surface area contributed by atoms with Gasteiger partial charge in [-0.15, -0.1) is 0 Å². The summed E-state index contributed by atoms with van der Waals surface area (Å²) < 4.78 is 12.6. The number of nitrogens with zero attached hydrogens (tertiary/aromatic N) is 1. The third-order valence-electron chi connectivity index (χ3n) is 3.73. The number of amides is 1. The number of rotatable bonds is 3. The van der Waals surface area contributed by atoms with Crippen molar-refractivity contribution >= 4 is 22.7 Å². The van der Waals surface area contributed by atoms with Crippen LogP contribution in [0.15, 0.2) is 23.2 Å². The summed E-state index contributed by atoms with van der Waals surface area (Å²) in [5.41, 5.74) is 1.92. The number of aliphatic imine (C=N–C) groups is 1. The smallest absolute Gasteiger partial charge is 0.263 e. The molecule has 1 aromatic carbocycles. The number of carbonyl (C=O) groups is 1. The van der Waals surface area contributed by atoms with Gasteiger partial charge in [0.05, 0.1) is 5.04 Å². The quantitative estimate of drug-likeness (QED) is 0.843. The zero-order valence-electron chi connectivity index (χ0n) is 11.7. The summed E-state index contributed by atoms with van der Waals surface area (Å²) in [7, 11) is 0. The Morgan fingerprint density at radius 3 is 2.63 bits per heavy atom. The largest absolute Gasteiger partial charge is 0.271 e. The first-order valence-corrected chi connectivity index (χ1v) is 7.20. The minimum absolute atomic E-state index is 0.0535. The van der Waals surface area contributed by atoms with Crippen LogP contribution in [0.5, 0.6) is 0 Å². The highest BCUT2D eigenvalue weighted by Crippen LogP contribution is 2.40. The summed E-state index contributed by atoms with van der Waals surface area (Å²) in [5.74, 6) is -0.0480. The van der Waals surface area contributed by atoms with Crippen molar-refractivity contribution in [2.75, 3.05) is 0 Å². The van der Waals surface area contributed by atoms with E-state index >= 15 is 0 Å². The molecule has 0 bridgehead atoms. The van der Waals surface area contributed by atoms with Gasteiger partial charge in [0, 0.05) is 6.42 Å². The fraction of sp³-hybridized carbons (Fsp3) is 0.467. The molecule has 19 heavy (non-hydrogen) atoms. The molecule has 0 saturated heterocycles. The molecule has 4 heteroatoms. The lowest BCUT2D eigenvalue weighted by Gasteiger charge is -2.24. The lowest BCUT2D eigenvalue weighted by Crippen LogP contribution is -2.33. The Kier molecular flexibility index (Phi) is 3.81. The van der Waals surface area contributed by atoms with Crippen molar-refractivity contribution in [1.82, 2.24) is 0 Å². The number of carbonyl (C=O) groups excluding carboxylic acids is 1. The molecule has 0 aromatic heterocycles. The number of halogens is 1. The molecule has 1 aliphatic rings. The summed E-state index contributed by atoms with van der Waals surface area (Å²) in [6.45, 7) is 7.89. The van der Waals surface area contributed by atoms with Crippen molar-refractivity contribution in [3.63, 3.8) is 0 Å². The fourth-order valence-corrected chi connectivity index (χ4v) is 3.21. The minimum Gasteiger partial charge on any atom is -0.271 e. The van der Waals surface area contributed by atoms with Crippen LogP contribution in [-0.4, -0.2) is 15.7 Å². The van der Waals surface area contributed by atoms with Crippen molar-refractivity contribution in [3.8, 4) is 0 Å². The van der Waals surface area contributed by atoms with E-state index in [4.69, 9.17) is 0 Å².